The summed E-state index contributed by atoms with van der Waals surface area (Å²) in [5.41, 5.74) is 0. The number of hydrogen-bond acceptors (Lipinski definition) is 15. The minimum absolute atomic E-state index is 0.107. The largest absolute Gasteiger partial charge is 0.472 e. The Kier molecular flexibility index (Phi) is 72.5. The topological polar surface area (TPSA) is 237 Å². The number of carbonyl (C=O) groups excluding carboxylic acids is 4. The molecule has 0 saturated heterocycles. The molecule has 0 amide bonds. The number of phosphoric ester groups is 2. The van der Waals surface area contributed by atoms with Crippen molar-refractivity contribution in [1.82, 2.24) is 0 Å². The molecule has 17 nitrogen and oxygen atoms in total. The third-order valence-electron chi connectivity index (χ3n) is 19.8. The van der Waals surface area contributed by atoms with Crippen LogP contribution in [0.15, 0.2) is 0 Å². The fourth-order valence-corrected chi connectivity index (χ4v) is 14.7. The Morgan fingerprint density at radius 2 is 0.404 bits per heavy atom. The van der Waals surface area contributed by atoms with Crippen LogP contribution in [0.4, 0.5) is 0 Å². The minimum atomic E-state index is -4.97. The summed E-state index contributed by atoms with van der Waals surface area (Å²) in [5.74, 6) is 1.00. The average molecular weight is 1520 g/mol. The van der Waals surface area contributed by atoms with Crippen molar-refractivity contribution in [3.63, 3.8) is 0 Å². The van der Waals surface area contributed by atoms with Crippen LogP contribution in [0.25, 0.3) is 0 Å². The molecular weight excluding hydrogens is 1350 g/mol. The van der Waals surface area contributed by atoms with Crippen LogP contribution in [0.3, 0.4) is 0 Å². The average Bonchev–Trinajstić information content (AvgIpc) is 0.910. The Morgan fingerprint density at radius 1 is 0.240 bits per heavy atom. The summed E-state index contributed by atoms with van der Waals surface area (Å²) in [4.78, 5) is 73.2. The van der Waals surface area contributed by atoms with E-state index in [2.05, 4.69) is 55.4 Å². The highest BCUT2D eigenvalue weighted by Crippen LogP contribution is 2.45. The molecule has 0 aliphatic rings. The molecule has 0 aliphatic heterocycles. The van der Waals surface area contributed by atoms with Gasteiger partial charge in [0.05, 0.1) is 26.4 Å². The highest BCUT2D eigenvalue weighted by atomic mass is 31.2. The summed E-state index contributed by atoms with van der Waals surface area (Å²) in [6.45, 7) is 14.3. The van der Waals surface area contributed by atoms with Gasteiger partial charge in [0, 0.05) is 25.7 Å². The van der Waals surface area contributed by atoms with Gasteiger partial charge in [0.25, 0.3) is 0 Å². The molecule has 0 radical (unpaired) electrons. The molecule has 0 bridgehead atoms. The lowest BCUT2D eigenvalue weighted by Gasteiger charge is -2.21. The zero-order valence-electron chi connectivity index (χ0n) is 68.7. The maximum Gasteiger partial charge on any atom is 0.472 e. The van der Waals surface area contributed by atoms with Crippen molar-refractivity contribution in [3.8, 4) is 0 Å². The molecule has 0 saturated carbocycles. The second-order valence-corrected chi connectivity index (χ2v) is 35.4. The number of hydrogen-bond donors (Lipinski definition) is 3. The summed E-state index contributed by atoms with van der Waals surface area (Å²) >= 11 is 0. The predicted molar refractivity (Wildman–Crippen MR) is 428 cm³/mol. The van der Waals surface area contributed by atoms with E-state index in [-0.39, 0.29) is 25.7 Å². The highest BCUT2D eigenvalue weighted by Gasteiger charge is 2.30. The van der Waals surface area contributed by atoms with Crippen LogP contribution in [0.2, 0.25) is 0 Å². The monoisotopic (exact) mass is 1520 g/mol. The van der Waals surface area contributed by atoms with Crippen LogP contribution in [-0.2, 0) is 65.4 Å². The maximum absolute atomic E-state index is 13.1. The number of esters is 4. The van der Waals surface area contributed by atoms with Crippen LogP contribution in [0.1, 0.15) is 441 Å². The van der Waals surface area contributed by atoms with Gasteiger partial charge in [-0.25, -0.2) is 9.13 Å². The Balaban J connectivity index is 5.22. The highest BCUT2D eigenvalue weighted by molar-refractivity contribution is 7.47. The molecule has 0 spiro atoms. The molecule has 0 rings (SSSR count). The zero-order chi connectivity index (χ0) is 76.7. The molecule has 3 unspecified atom stereocenters. The van der Waals surface area contributed by atoms with E-state index in [9.17, 15) is 43.2 Å². The van der Waals surface area contributed by atoms with E-state index in [1.54, 1.807) is 0 Å². The fraction of sp³-hybridized carbons (Fsp3) is 0.953. The van der Waals surface area contributed by atoms with Crippen molar-refractivity contribution in [2.75, 3.05) is 39.6 Å². The van der Waals surface area contributed by atoms with E-state index in [1.807, 2.05) is 0 Å². The maximum atomic E-state index is 13.1. The number of aliphatic hydroxyl groups excluding tert-OH is 1. The van der Waals surface area contributed by atoms with Gasteiger partial charge in [-0.1, -0.05) is 389 Å². The molecule has 0 aromatic carbocycles. The quantitative estimate of drug-likeness (QED) is 0.0222. The number of phosphoric acid groups is 2. The molecule has 5 atom stereocenters. The lowest BCUT2D eigenvalue weighted by atomic mass is 10.0. The Hall–Kier alpha value is -1.94. The van der Waals surface area contributed by atoms with Crippen LogP contribution in [0, 0.1) is 23.7 Å². The Morgan fingerprint density at radius 3 is 0.596 bits per heavy atom. The van der Waals surface area contributed by atoms with Crippen LogP contribution in [0.5, 0.6) is 0 Å². The van der Waals surface area contributed by atoms with Gasteiger partial charge >= 0.3 is 39.5 Å². The van der Waals surface area contributed by atoms with Gasteiger partial charge in [0.15, 0.2) is 12.2 Å². The van der Waals surface area contributed by atoms with E-state index in [1.165, 1.54) is 238 Å². The molecule has 0 aliphatic carbocycles. The third kappa shape index (κ3) is 78.2. The lowest BCUT2D eigenvalue weighted by Crippen LogP contribution is -2.30. The van der Waals surface area contributed by atoms with E-state index in [4.69, 9.17) is 37.0 Å². The molecule has 0 aromatic rings. The van der Waals surface area contributed by atoms with Crippen molar-refractivity contribution < 1.29 is 80.2 Å². The van der Waals surface area contributed by atoms with E-state index < -0.39 is 97.5 Å². The van der Waals surface area contributed by atoms with Gasteiger partial charge < -0.3 is 33.8 Å². The van der Waals surface area contributed by atoms with Crippen molar-refractivity contribution in [2.24, 2.45) is 23.7 Å². The van der Waals surface area contributed by atoms with Gasteiger partial charge in [-0.15, -0.1) is 0 Å². The standard InChI is InChI=1S/C85H166O17P2/c1-75(2)61-53-45-37-30-24-18-13-9-11-15-21-27-33-41-49-57-65-82(87)95-71-80(101-84(89)68-60-52-43-35-29-23-17-20-26-32-39-47-55-63-77(5)6)73-99-103(91,92)97-69-79(86)70-98-104(93,94)100-74-81(72-96-83(88)66-58-50-44-36-40-48-56-64-78(7)8)102-85(90)67-59-51-42-34-28-22-16-12-10-14-19-25-31-38-46-54-62-76(3)4/h75-81,86H,9-74H2,1-8H3,(H,91,92)(H,93,94)/t79?,80-,81-/m1/s1. The van der Waals surface area contributed by atoms with Crippen molar-refractivity contribution in [3.05, 3.63) is 0 Å². The Labute approximate surface area is 638 Å². The van der Waals surface area contributed by atoms with Gasteiger partial charge in [-0.2, -0.15) is 0 Å². The second-order valence-electron chi connectivity index (χ2n) is 32.5. The summed E-state index contributed by atoms with van der Waals surface area (Å²) in [6.07, 6.45) is 62.6. The molecule has 0 fully saturated rings. The molecule has 0 aromatic heterocycles. The first-order valence-corrected chi connectivity index (χ1v) is 46.7. The van der Waals surface area contributed by atoms with E-state index >= 15 is 0 Å². The number of unbranched alkanes of at least 4 members (excludes halogenated alkanes) is 48. The lowest BCUT2D eigenvalue weighted by molar-refractivity contribution is -0.161. The van der Waals surface area contributed by atoms with Crippen LogP contribution >= 0.6 is 15.6 Å². The van der Waals surface area contributed by atoms with Crippen LogP contribution < -0.4 is 0 Å². The van der Waals surface area contributed by atoms with Gasteiger partial charge in [0.2, 0.25) is 0 Å². The molecule has 618 valence electrons. The third-order valence-corrected chi connectivity index (χ3v) is 21.7. The van der Waals surface area contributed by atoms with Gasteiger partial charge in [-0.3, -0.25) is 37.3 Å². The predicted octanol–water partition coefficient (Wildman–Crippen LogP) is 25.6. The van der Waals surface area contributed by atoms with Gasteiger partial charge in [-0.05, 0) is 49.4 Å². The van der Waals surface area contributed by atoms with E-state index in [0.29, 0.717) is 31.6 Å². The number of rotatable bonds is 82. The zero-order valence-corrected chi connectivity index (χ0v) is 70.5. The van der Waals surface area contributed by atoms with E-state index in [0.717, 1.165) is 114 Å². The van der Waals surface area contributed by atoms with Crippen molar-refractivity contribution in [1.29, 1.82) is 0 Å². The summed E-state index contributed by atoms with van der Waals surface area (Å²) < 4.78 is 68.8. The first kappa shape index (κ1) is 102. The molecular formula is C85H166O17P2. The smallest absolute Gasteiger partial charge is 0.462 e. The van der Waals surface area contributed by atoms with Gasteiger partial charge in [0.1, 0.15) is 19.3 Å². The first-order valence-electron chi connectivity index (χ1n) is 43.7. The SMILES string of the molecule is CC(C)CCCCCCCCCCCCCCCCCCC(=O)OC[C@H](COP(=O)(O)OCC(O)COP(=O)(O)OC[C@@H](COC(=O)CCCCCCCCCC(C)C)OC(=O)CCCCCCCCCCCCCCCCCCC(C)C)OC(=O)CCCCCCCCCCCCCCCC(C)C. The summed E-state index contributed by atoms with van der Waals surface area (Å²) in [7, 11) is -9.93. The fourth-order valence-electron chi connectivity index (χ4n) is 13.1. The molecule has 3 N–H and O–H groups in total. The number of carbonyl (C=O) groups is 4. The summed E-state index contributed by atoms with van der Waals surface area (Å²) in [6, 6.07) is 0. The van der Waals surface area contributed by atoms with Crippen molar-refractivity contribution >= 4 is 39.5 Å². The second kappa shape index (κ2) is 73.8. The van der Waals surface area contributed by atoms with Crippen LogP contribution in [-0.4, -0.2) is 96.7 Å². The Bertz CT molecular complexity index is 2020. The normalized spacial score (nSPS) is 14.0. The number of aliphatic hydroxyl groups is 1. The first-order chi connectivity index (χ1) is 50.1. The molecule has 19 heteroatoms. The molecule has 0 heterocycles. The van der Waals surface area contributed by atoms with Crippen molar-refractivity contribution in [2.45, 2.75) is 459 Å². The summed E-state index contributed by atoms with van der Waals surface area (Å²) in [5, 5.41) is 10.7. The number of ether oxygens (including phenoxy) is 4. The molecule has 104 heavy (non-hydrogen) atoms. The minimum Gasteiger partial charge on any atom is -0.462 e.